The molecule has 2 N–H and O–H groups in total. The van der Waals surface area contributed by atoms with Crippen molar-refractivity contribution in [2.24, 2.45) is 0 Å². The van der Waals surface area contributed by atoms with Crippen LogP contribution in [0.4, 0.5) is 15.3 Å². The topological polar surface area (TPSA) is 135 Å². The first-order valence-electron chi connectivity index (χ1n) is 18.9. The van der Waals surface area contributed by atoms with Crippen LogP contribution in [0.1, 0.15) is 43.7 Å². The molecule has 0 spiro atoms. The highest BCUT2D eigenvalue weighted by atomic mass is 16.6. The van der Waals surface area contributed by atoms with Gasteiger partial charge < -0.3 is 34.6 Å². The fraction of sp³-hybridized carbons (Fsp3) is 0.568. The van der Waals surface area contributed by atoms with Gasteiger partial charge in [0.05, 0.1) is 13.2 Å². The Bertz CT molecular complexity index is 1580. The van der Waals surface area contributed by atoms with E-state index in [0.717, 1.165) is 62.3 Å². The summed E-state index contributed by atoms with van der Waals surface area (Å²) in [6, 6.07) is 11.8. The molecule has 6 rings (SSSR count). The first-order valence-corrected chi connectivity index (χ1v) is 18.9. The van der Waals surface area contributed by atoms with Crippen molar-refractivity contribution in [1.82, 2.24) is 24.5 Å². The van der Waals surface area contributed by atoms with E-state index in [-0.39, 0.29) is 36.1 Å². The van der Waals surface area contributed by atoms with Crippen molar-refractivity contribution in [2.45, 2.75) is 63.6 Å². The van der Waals surface area contributed by atoms with Crippen LogP contribution in [0.15, 0.2) is 36.4 Å². The molecule has 0 aromatic heterocycles. The summed E-state index contributed by atoms with van der Waals surface area (Å²) in [7, 11) is 3.65. The largest absolute Gasteiger partial charge is 0.509 e. The van der Waals surface area contributed by atoms with E-state index in [1.165, 1.54) is 0 Å². The van der Waals surface area contributed by atoms with Crippen LogP contribution in [0.2, 0.25) is 0 Å². The predicted molar refractivity (Wildman–Crippen MR) is 203 cm³/mol. The molecule has 3 saturated heterocycles. The van der Waals surface area contributed by atoms with Gasteiger partial charge >= 0.3 is 18.1 Å². The Balaban J connectivity index is 1.05. The number of carbonyl (C=O) groups excluding carboxylic acids is 4. The standard InChI is InChI=1S/C37H52B2N6O7/c1-2-51-33(46)24-41-17-19-42(20-18-41)27-8-12-43(13-9-27)35(48)32(23-25-21-29(38)34(47)30(39)22-25)52-37(50)44-14-10-28(11-15-44)45-16-7-26-5-3-4-6-31(26)40-36(45)49/h3-6,21-22,27-28,32,47H,2,7-20,23-24,38-39H2,1H3,(H,40,49)/t32-/m1/s1. The van der Waals surface area contributed by atoms with E-state index in [1.54, 1.807) is 4.90 Å². The molecule has 278 valence electrons. The third-order valence-corrected chi connectivity index (χ3v) is 11.2. The molecule has 2 aromatic rings. The van der Waals surface area contributed by atoms with Crippen LogP contribution in [-0.2, 0) is 31.9 Å². The lowest BCUT2D eigenvalue weighted by atomic mass is 9.83. The van der Waals surface area contributed by atoms with Crippen molar-refractivity contribution >= 4 is 56.3 Å². The molecule has 0 aliphatic carbocycles. The number of urea groups is 1. The lowest BCUT2D eigenvalue weighted by molar-refractivity contribution is -0.145. The van der Waals surface area contributed by atoms with Crippen LogP contribution in [-0.4, -0.2) is 160 Å². The van der Waals surface area contributed by atoms with Crippen molar-refractivity contribution in [3.05, 3.63) is 47.5 Å². The third-order valence-electron chi connectivity index (χ3n) is 11.2. The number of likely N-dealkylation sites (tertiary alicyclic amines) is 2. The summed E-state index contributed by atoms with van der Waals surface area (Å²) in [5, 5.41) is 13.4. The Morgan fingerprint density at radius 2 is 1.52 bits per heavy atom. The molecule has 3 fully saturated rings. The van der Waals surface area contributed by atoms with Crippen molar-refractivity contribution < 1.29 is 33.8 Å². The number of para-hydroxylation sites is 1. The quantitative estimate of drug-likeness (QED) is 0.265. The first kappa shape index (κ1) is 37.5. The number of fused-ring (bicyclic) bond motifs is 1. The zero-order chi connectivity index (χ0) is 36.8. The van der Waals surface area contributed by atoms with Crippen molar-refractivity contribution in [1.29, 1.82) is 0 Å². The van der Waals surface area contributed by atoms with E-state index in [9.17, 15) is 24.3 Å². The van der Waals surface area contributed by atoms with E-state index in [0.29, 0.717) is 75.7 Å². The van der Waals surface area contributed by atoms with Gasteiger partial charge in [-0.25, -0.2) is 9.59 Å². The maximum absolute atomic E-state index is 14.1. The number of ether oxygens (including phenoxy) is 2. The van der Waals surface area contributed by atoms with Gasteiger partial charge in [-0.15, -0.1) is 0 Å². The second-order valence-electron chi connectivity index (χ2n) is 14.6. The summed E-state index contributed by atoms with van der Waals surface area (Å²) in [6.07, 6.45) is 2.34. The smallest absolute Gasteiger partial charge is 0.410 e. The van der Waals surface area contributed by atoms with Crippen LogP contribution in [0.3, 0.4) is 0 Å². The number of esters is 1. The number of nitrogens with zero attached hydrogens (tertiary/aromatic N) is 5. The normalized spacial score (nSPS) is 20.1. The van der Waals surface area contributed by atoms with E-state index in [2.05, 4.69) is 15.1 Å². The molecule has 0 radical (unpaired) electrons. The van der Waals surface area contributed by atoms with Gasteiger partial charge in [0.1, 0.15) is 21.4 Å². The van der Waals surface area contributed by atoms with Crippen LogP contribution in [0.25, 0.3) is 0 Å². The molecule has 0 unspecified atom stereocenters. The number of aromatic hydroxyl groups is 1. The Morgan fingerprint density at radius 3 is 2.19 bits per heavy atom. The van der Waals surface area contributed by atoms with Gasteiger partial charge in [0.15, 0.2) is 6.10 Å². The molecule has 4 aliphatic rings. The number of amides is 4. The number of hydrogen-bond donors (Lipinski definition) is 2. The van der Waals surface area contributed by atoms with E-state index in [1.807, 2.05) is 68.8 Å². The monoisotopic (exact) mass is 714 g/mol. The maximum Gasteiger partial charge on any atom is 0.410 e. The minimum atomic E-state index is -1.01. The molecule has 1 atom stereocenters. The predicted octanol–water partition coefficient (Wildman–Crippen LogP) is -0.317. The van der Waals surface area contributed by atoms with Crippen molar-refractivity contribution in [3.8, 4) is 5.75 Å². The average molecular weight is 714 g/mol. The first-order chi connectivity index (χ1) is 25.1. The molecule has 0 bridgehead atoms. The highest BCUT2D eigenvalue weighted by Gasteiger charge is 2.37. The Labute approximate surface area is 308 Å². The van der Waals surface area contributed by atoms with Crippen LogP contribution in [0, 0.1) is 0 Å². The fourth-order valence-corrected chi connectivity index (χ4v) is 8.18. The molecule has 4 aliphatic heterocycles. The maximum atomic E-state index is 14.1. The molecular formula is C37H52B2N6O7. The number of hydrogen-bond acceptors (Lipinski definition) is 9. The molecule has 4 heterocycles. The molecular weight excluding hydrogens is 662 g/mol. The number of rotatable bonds is 9. The fourth-order valence-electron chi connectivity index (χ4n) is 8.18. The second-order valence-corrected chi connectivity index (χ2v) is 14.6. The van der Waals surface area contributed by atoms with Gasteiger partial charge in [0.25, 0.3) is 5.91 Å². The zero-order valence-electron chi connectivity index (χ0n) is 30.8. The number of piperidine rings is 2. The molecule has 15 heteroatoms. The van der Waals surface area contributed by atoms with Gasteiger partial charge in [-0.1, -0.05) is 30.3 Å². The Morgan fingerprint density at radius 1 is 0.885 bits per heavy atom. The number of piperazine rings is 1. The molecule has 52 heavy (non-hydrogen) atoms. The van der Waals surface area contributed by atoms with Gasteiger partial charge in [0.2, 0.25) is 0 Å². The van der Waals surface area contributed by atoms with Gasteiger partial charge in [-0.2, -0.15) is 0 Å². The number of benzene rings is 2. The van der Waals surface area contributed by atoms with Gasteiger partial charge in [-0.05, 0) is 67.1 Å². The van der Waals surface area contributed by atoms with E-state index < -0.39 is 12.2 Å². The molecule has 13 nitrogen and oxygen atoms in total. The second kappa shape index (κ2) is 17.1. The van der Waals surface area contributed by atoms with E-state index in [4.69, 9.17) is 9.47 Å². The summed E-state index contributed by atoms with van der Waals surface area (Å²) in [5.41, 5.74) is 4.20. The molecule has 4 amide bonds. The minimum absolute atomic E-state index is 0.000534. The van der Waals surface area contributed by atoms with Crippen LogP contribution in [0.5, 0.6) is 5.75 Å². The van der Waals surface area contributed by atoms with E-state index >= 15 is 0 Å². The van der Waals surface area contributed by atoms with Gasteiger partial charge in [0, 0.05) is 83.1 Å². The number of carbonyl (C=O) groups is 4. The lowest BCUT2D eigenvalue weighted by Gasteiger charge is -2.43. The molecule has 2 aromatic carbocycles. The highest BCUT2D eigenvalue weighted by Crippen LogP contribution is 2.26. The Hall–Kier alpha value is -4.23. The summed E-state index contributed by atoms with van der Waals surface area (Å²) in [5.74, 6) is -0.170. The summed E-state index contributed by atoms with van der Waals surface area (Å²) >= 11 is 0. The lowest BCUT2D eigenvalue weighted by Crippen LogP contribution is -2.55. The number of anilines is 1. The van der Waals surface area contributed by atoms with Crippen molar-refractivity contribution in [2.75, 3.05) is 77.4 Å². The minimum Gasteiger partial charge on any atom is -0.509 e. The number of phenols is 1. The van der Waals surface area contributed by atoms with Crippen LogP contribution < -0.4 is 16.2 Å². The molecule has 0 saturated carbocycles. The Kier molecular flexibility index (Phi) is 12.3. The van der Waals surface area contributed by atoms with Crippen molar-refractivity contribution in [3.63, 3.8) is 0 Å². The summed E-state index contributed by atoms with van der Waals surface area (Å²) in [6.45, 7) is 8.47. The number of phenolic OH excluding ortho intramolecular Hbond substituents is 1. The summed E-state index contributed by atoms with van der Waals surface area (Å²) in [4.78, 5) is 62.8. The zero-order valence-corrected chi connectivity index (χ0v) is 30.8. The SMILES string of the molecule is Bc1cc(C[C@@H](OC(=O)N2CCC(N3CCc4ccccc4NC3=O)CC2)C(=O)N2CCC(N3CCN(CC(=O)OCC)CC3)CC2)cc(B)c1O. The van der Waals surface area contributed by atoms with Gasteiger partial charge in [-0.3, -0.25) is 19.4 Å². The number of nitrogens with one attached hydrogen (secondary N) is 1. The highest BCUT2D eigenvalue weighted by molar-refractivity contribution is 6.41. The summed E-state index contributed by atoms with van der Waals surface area (Å²) < 4.78 is 11.2. The average Bonchev–Trinajstić information content (AvgIpc) is 3.31. The third kappa shape index (κ3) is 9.03. The van der Waals surface area contributed by atoms with Crippen LogP contribution >= 0.6 is 0 Å².